The van der Waals surface area contributed by atoms with Crippen molar-refractivity contribution in [3.8, 4) is 0 Å². The van der Waals surface area contributed by atoms with Gasteiger partial charge in [0, 0.05) is 5.92 Å². The van der Waals surface area contributed by atoms with Crippen molar-refractivity contribution in [2.24, 2.45) is 5.92 Å². The fourth-order valence-corrected chi connectivity index (χ4v) is 1.39. The monoisotopic (exact) mass is 174 g/mol. The Labute approximate surface area is 81.4 Å². The first-order valence-corrected chi connectivity index (χ1v) is 5.10. The normalized spacial score (nSPS) is 22.0. The number of allylic oxidation sites excluding steroid dienone is 8. The van der Waals surface area contributed by atoms with Gasteiger partial charge < -0.3 is 0 Å². The van der Waals surface area contributed by atoms with Crippen LogP contribution in [-0.4, -0.2) is 0 Å². The number of hydrogen-bond donors (Lipinski definition) is 0. The Balaban J connectivity index is 2.56. The maximum atomic E-state index is 2.27. The van der Waals surface area contributed by atoms with Gasteiger partial charge in [-0.25, -0.2) is 0 Å². The van der Waals surface area contributed by atoms with Crippen LogP contribution in [0.2, 0.25) is 0 Å². The summed E-state index contributed by atoms with van der Waals surface area (Å²) in [5, 5.41) is 0. The van der Waals surface area contributed by atoms with E-state index < -0.39 is 0 Å². The Bertz CT molecular complexity index is 251. The molecule has 70 valence electrons. The molecule has 0 fully saturated rings. The number of rotatable bonds is 4. The van der Waals surface area contributed by atoms with Gasteiger partial charge in [-0.05, 0) is 18.4 Å². The second-order valence-electron chi connectivity index (χ2n) is 3.22. The fraction of sp³-hybridized carbons (Fsp3) is 0.385. The SMILES string of the molecule is CCC=CC1=CC=CC1C=CCC. The van der Waals surface area contributed by atoms with Crippen molar-refractivity contribution >= 4 is 0 Å². The molecule has 0 amide bonds. The molecular formula is C13H18. The van der Waals surface area contributed by atoms with E-state index in [4.69, 9.17) is 0 Å². The molecule has 1 aliphatic carbocycles. The lowest BCUT2D eigenvalue weighted by atomic mass is 10.0. The van der Waals surface area contributed by atoms with Crippen LogP contribution in [-0.2, 0) is 0 Å². The van der Waals surface area contributed by atoms with E-state index in [1.54, 1.807) is 0 Å². The van der Waals surface area contributed by atoms with Crippen LogP contribution in [0.15, 0.2) is 48.1 Å². The van der Waals surface area contributed by atoms with E-state index in [-0.39, 0.29) is 0 Å². The first kappa shape index (κ1) is 10.0. The Morgan fingerprint density at radius 3 is 2.69 bits per heavy atom. The molecule has 1 aliphatic rings. The van der Waals surface area contributed by atoms with E-state index >= 15 is 0 Å². The topological polar surface area (TPSA) is 0 Å². The zero-order valence-corrected chi connectivity index (χ0v) is 8.53. The van der Waals surface area contributed by atoms with Crippen molar-refractivity contribution < 1.29 is 0 Å². The second kappa shape index (κ2) is 5.58. The maximum Gasteiger partial charge on any atom is 0.0201 e. The van der Waals surface area contributed by atoms with Crippen molar-refractivity contribution in [2.45, 2.75) is 26.7 Å². The average molecular weight is 174 g/mol. The van der Waals surface area contributed by atoms with E-state index in [9.17, 15) is 0 Å². The van der Waals surface area contributed by atoms with Gasteiger partial charge in [0.15, 0.2) is 0 Å². The zero-order chi connectivity index (χ0) is 9.52. The Morgan fingerprint density at radius 1 is 1.23 bits per heavy atom. The van der Waals surface area contributed by atoms with Gasteiger partial charge in [-0.3, -0.25) is 0 Å². The maximum absolute atomic E-state index is 2.27. The van der Waals surface area contributed by atoms with Crippen LogP contribution < -0.4 is 0 Å². The average Bonchev–Trinajstić information content (AvgIpc) is 2.59. The second-order valence-corrected chi connectivity index (χ2v) is 3.22. The van der Waals surface area contributed by atoms with Crippen LogP contribution in [0.3, 0.4) is 0 Å². The molecule has 0 aromatic rings. The smallest absolute Gasteiger partial charge is 0.0201 e. The molecule has 13 heavy (non-hydrogen) atoms. The van der Waals surface area contributed by atoms with E-state index in [0.29, 0.717) is 5.92 Å². The van der Waals surface area contributed by atoms with E-state index in [2.05, 4.69) is 56.4 Å². The molecule has 0 saturated carbocycles. The molecule has 0 radical (unpaired) electrons. The van der Waals surface area contributed by atoms with Gasteiger partial charge in [-0.2, -0.15) is 0 Å². The molecule has 0 bridgehead atoms. The molecule has 1 rings (SSSR count). The highest BCUT2D eigenvalue weighted by Gasteiger charge is 2.07. The summed E-state index contributed by atoms with van der Waals surface area (Å²) in [5.74, 6) is 0.516. The largest absolute Gasteiger partial charge is 0.0879 e. The highest BCUT2D eigenvalue weighted by atomic mass is 14.1. The van der Waals surface area contributed by atoms with Gasteiger partial charge in [0.1, 0.15) is 0 Å². The summed E-state index contributed by atoms with van der Waals surface area (Å²) in [7, 11) is 0. The Morgan fingerprint density at radius 2 is 2.00 bits per heavy atom. The molecule has 0 aromatic heterocycles. The highest BCUT2D eigenvalue weighted by molar-refractivity contribution is 5.38. The van der Waals surface area contributed by atoms with Crippen LogP contribution in [0.5, 0.6) is 0 Å². The molecule has 0 N–H and O–H groups in total. The van der Waals surface area contributed by atoms with E-state index in [0.717, 1.165) is 12.8 Å². The Kier molecular flexibility index (Phi) is 4.31. The van der Waals surface area contributed by atoms with Crippen molar-refractivity contribution in [3.63, 3.8) is 0 Å². The molecule has 1 unspecified atom stereocenters. The minimum Gasteiger partial charge on any atom is -0.0879 e. The van der Waals surface area contributed by atoms with Crippen molar-refractivity contribution in [1.29, 1.82) is 0 Å². The van der Waals surface area contributed by atoms with Crippen molar-refractivity contribution in [2.75, 3.05) is 0 Å². The van der Waals surface area contributed by atoms with E-state index in [1.807, 2.05) is 0 Å². The summed E-state index contributed by atoms with van der Waals surface area (Å²) < 4.78 is 0. The predicted octanol–water partition coefficient (Wildman–Crippen LogP) is 4.03. The standard InChI is InChI=1S/C13H18/c1-3-5-8-12-10-7-11-13(12)9-6-4-2/h5-12H,3-4H2,1-2H3. The van der Waals surface area contributed by atoms with Gasteiger partial charge in [-0.1, -0.05) is 56.4 Å². The van der Waals surface area contributed by atoms with Crippen LogP contribution in [0.4, 0.5) is 0 Å². The van der Waals surface area contributed by atoms with Crippen LogP contribution >= 0.6 is 0 Å². The van der Waals surface area contributed by atoms with Crippen LogP contribution in [0.1, 0.15) is 26.7 Å². The molecule has 0 aliphatic heterocycles. The van der Waals surface area contributed by atoms with Gasteiger partial charge in [0.25, 0.3) is 0 Å². The molecule has 0 heterocycles. The van der Waals surface area contributed by atoms with Gasteiger partial charge >= 0.3 is 0 Å². The quantitative estimate of drug-likeness (QED) is 0.564. The third kappa shape index (κ3) is 3.06. The lowest BCUT2D eigenvalue weighted by molar-refractivity contribution is 1.01. The molecule has 1 atom stereocenters. The van der Waals surface area contributed by atoms with Gasteiger partial charge in [0.05, 0.1) is 0 Å². The first-order chi connectivity index (χ1) is 6.38. The predicted molar refractivity (Wildman–Crippen MR) is 59.6 cm³/mol. The summed E-state index contributed by atoms with van der Waals surface area (Å²) >= 11 is 0. The highest BCUT2D eigenvalue weighted by Crippen LogP contribution is 2.22. The van der Waals surface area contributed by atoms with Gasteiger partial charge in [0.2, 0.25) is 0 Å². The third-order valence-electron chi connectivity index (χ3n) is 2.12. The first-order valence-electron chi connectivity index (χ1n) is 5.10. The summed E-state index contributed by atoms with van der Waals surface area (Å²) in [6.45, 7) is 4.33. The van der Waals surface area contributed by atoms with Crippen LogP contribution in [0, 0.1) is 5.92 Å². The minimum atomic E-state index is 0.516. The molecule has 0 spiro atoms. The minimum absolute atomic E-state index is 0.516. The molecule has 0 aromatic carbocycles. The molecular weight excluding hydrogens is 156 g/mol. The number of hydrogen-bond acceptors (Lipinski definition) is 0. The summed E-state index contributed by atoms with van der Waals surface area (Å²) in [4.78, 5) is 0. The van der Waals surface area contributed by atoms with Crippen molar-refractivity contribution in [1.82, 2.24) is 0 Å². The van der Waals surface area contributed by atoms with Gasteiger partial charge in [-0.15, -0.1) is 0 Å². The lowest BCUT2D eigenvalue weighted by Crippen LogP contribution is -1.90. The summed E-state index contributed by atoms with van der Waals surface area (Å²) in [5.41, 5.74) is 1.41. The molecule has 0 saturated heterocycles. The zero-order valence-electron chi connectivity index (χ0n) is 8.53. The fourth-order valence-electron chi connectivity index (χ4n) is 1.39. The summed E-state index contributed by atoms with van der Waals surface area (Å²) in [6.07, 6.45) is 17.7. The summed E-state index contributed by atoms with van der Waals surface area (Å²) in [6, 6.07) is 0. The van der Waals surface area contributed by atoms with Crippen molar-refractivity contribution in [3.05, 3.63) is 48.1 Å². The Hall–Kier alpha value is -1.04. The third-order valence-corrected chi connectivity index (χ3v) is 2.12. The molecule has 0 nitrogen and oxygen atoms in total. The van der Waals surface area contributed by atoms with Crippen LogP contribution in [0.25, 0.3) is 0 Å². The molecule has 0 heteroatoms. The van der Waals surface area contributed by atoms with E-state index in [1.165, 1.54) is 5.57 Å². The lowest BCUT2D eigenvalue weighted by Gasteiger charge is -2.03.